The van der Waals surface area contributed by atoms with Crippen molar-refractivity contribution in [2.24, 2.45) is 0 Å². The van der Waals surface area contributed by atoms with E-state index in [1.54, 1.807) is 0 Å². The standard InChI is InChI=1S/C43H24N2O2S2/c1-2-10-25(11-3-1)43-44-41-35(47-43)24-34-40(32-14-4-7-15-33(32)46-34)42(41)45(26-18-20-30-28-12-5-8-16-36(28)48-38(30)22-26)27-19-21-31-29-13-6-9-17-37(29)49-39(31)23-27/h1-24H. The van der Waals surface area contributed by atoms with Crippen molar-refractivity contribution in [3.8, 4) is 11.5 Å². The van der Waals surface area contributed by atoms with E-state index in [-0.39, 0.29) is 0 Å². The summed E-state index contributed by atoms with van der Waals surface area (Å²) in [6.07, 6.45) is 0. The van der Waals surface area contributed by atoms with Gasteiger partial charge < -0.3 is 13.7 Å². The number of anilines is 3. The fourth-order valence-electron chi connectivity index (χ4n) is 7.28. The number of para-hydroxylation sites is 1. The molecule has 4 heterocycles. The number of furan rings is 1. The Labute approximate surface area is 287 Å². The highest BCUT2D eigenvalue weighted by Crippen LogP contribution is 2.50. The molecule has 0 bridgehead atoms. The van der Waals surface area contributed by atoms with Gasteiger partial charge in [-0.3, -0.25) is 0 Å². The number of aromatic nitrogens is 1. The summed E-state index contributed by atoms with van der Waals surface area (Å²) in [5, 5.41) is 7.12. The summed E-state index contributed by atoms with van der Waals surface area (Å²) < 4.78 is 18.1. The molecule has 7 aromatic carbocycles. The van der Waals surface area contributed by atoms with Crippen molar-refractivity contribution in [1.82, 2.24) is 4.98 Å². The molecule has 11 rings (SSSR count). The second-order valence-corrected chi connectivity index (χ2v) is 14.5. The topological polar surface area (TPSA) is 42.4 Å². The number of thiophene rings is 2. The van der Waals surface area contributed by atoms with Crippen molar-refractivity contribution in [3.05, 3.63) is 146 Å². The van der Waals surface area contributed by atoms with E-state index in [2.05, 4.69) is 102 Å². The molecule has 0 unspecified atom stereocenters. The lowest BCUT2D eigenvalue weighted by atomic mass is 10.1. The Hall–Kier alpha value is -5.95. The minimum atomic E-state index is 0.577. The lowest BCUT2D eigenvalue weighted by Crippen LogP contribution is -2.11. The van der Waals surface area contributed by atoms with Gasteiger partial charge in [-0.25, -0.2) is 4.98 Å². The van der Waals surface area contributed by atoms with Crippen molar-refractivity contribution in [1.29, 1.82) is 0 Å². The Morgan fingerprint density at radius 3 is 1.69 bits per heavy atom. The van der Waals surface area contributed by atoms with E-state index in [4.69, 9.17) is 13.8 Å². The molecule has 0 atom stereocenters. The summed E-state index contributed by atoms with van der Waals surface area (Å²) in [5.74, 6) is 0.577. The first kappa shape index (κ1) is 27.0. The molecule has 0 amide bonds. The zero-order valence-corrected chi connectivity index (χ0v) is 27.5. The smallest absolute Gasteiger partial charge is 0.227 e. The van der Waals surface area contributed by atoms with Gasteiger partial charge in [-0.1, -0.05) is 84.9 Å². The molecule has 6 heteroatoms. The number of nitrogens with zero attached hydrogens (tertiary/aromatic N) is 2. The average molecular weight is 665 g/mol. The van der Waals surface area contributed by atoms with Gasteiger partial charge in [-0.2, -0.15) is 0 Å². The van der Waals surface area contributed by atoms with Crippen LogP contribution in [0.3, 0.4) is 0 Å². The molecule has 11 aromatic rings. The molecule has 0 aliphatic heterocycles. The minimum absolute atomic E-state index is 0.577. The number of oxazole rings is 1. The van der Waals surface area contributed by atoms with E-state index in [1.807, 2.05) is 71.2 Å². The zero-order valence-electron chi connectivity index (χ0n) is 25.9. The van der Waals surface area contributed by atoms with E-state index in [9.17, 15) is 0 Å². The Morgan fingerprint density at radius 2 is 1.02 bits per heavy atom. The highest BCUT2D eigenvalue weighted by Gasteiger charge is 2.27. The SMILES string of the molecule is c1ccc(-c2nc3c(N(c4ccc5c(c4)sc4ccccc45)c4ccc5c(c4)sc4ccccc45)c4c(cc3o2)oc2ccccc24)cc1. The highest BCUT2D eigenvalue weighted by molar-refractivity contribution is 7.26. The van der Waals surface area contributed by atoms with Crippen LogP contribution in [0.4, 0.5) is 17.1 Å². The predicted octanol–water partition coefficient (Wildman–Crippen LogP) is 13.6. The van der Waals surface area contributed by atoms with Crippen molar-refractivity contribution >= 4 is 113 Å². The van der Waals surface area contributed by atoms with Crippen molar-refractivity contribution < 1.29 is 8.83 Å². The number of hydrogen-bond acceptors (Lipinski definition) is 6. The Bertz CT molecular complexity index is 2960. The third kappa shape index (κ3) is 4.05. The third-order valence-electron chi connectivity index (χ3n) is 9.48. The highest BCUT2D eigenvalue weighted by atomic mass is 32.1. The second kappa shape index (κ2) is 10.3. The Balaban J connectivity index is 1.27. The average Bonchev–Trinajstić information content (AvgIpc) is 3.92. The van der Waals surface area contributed by atoms with Crippen molar-refractivity contribution in [2.75, 3.05) is 4.90 Å². The molecule has 4 aromatic heterocycles. The molecule has 0 aliphatic rings. The van der Waals surface area contributed by atoms with Crippen LogP contribution in [0.15, 0.2) is 154 Å². The molecule has 0 saturated heterocycles. The maximum Gasteiger partial charge on any atom is 0.227 e. The fraction of sp³-hybridized carbons (Fsp3) is 0. The van der Waals surface area contributed by atoms with Crippen LogP contribution in [-0.4, -0.2) is 4.98 Å². The summed E-state index contributed by atoms with van der Waals surface area (Å²) in [6, 6.07) is 51.3. The van der Waals surface area contributed by atoms with Crippen LogP contribution in [0.5, 0.6) is 0 Å². The van der Waals surface area contributed by atoms with E-state index >= 15 is 0 Å². The molecular weight excluding hydrogens is 641 g/mol. The van der Waals surface area contributed by atoms with E-state index in [0.717, 1.165) is 50.1 Å². The maximum absolute atomic E-state index is 6.55. The third-order valence-corrected chi connectivity index (χ3v) is 11.8. The normalized spacial score (nSPS) is 12.1. The molecule has 230 valence electrons. The van der Waals surface area contributed by atoms with Gasteiger partial charge in [-0.15, -0.1) is 22.7 Å². The maximum atomic E-state index is 6.55. The van der Waals surface area contributed by atoms with Crippen LogP contribution in [-0.2, 0) is 0 Å². The lowest BCUT2D eigenvalue weighted by molar-refractivity contribution is 0.617. The molecule has 4 nitrogen and oxygen atoms in total. The predicted molar refractivity (Wildman–Crippen MR) is 207 cm³/mol. The van der Waals surface area contributed by atoms with Gasteiger partial charge in [-0.05, 0) is 54.6 Å². The first-order valence-corrected chi connectivity index (χ1v) is 17.8. The molecule has 0 fully saturated rings. The Kier molecular flexibility index (Phi) is 5.67. The first-order chi connectivity index (χ1) is 24.3. The molecule has 49 heavy (non-hydrogen) atoms. The van der Waals surface area contributed by atoms with E-state index in [0.29, 0.717) is 11.5 Å². The van der Waals surface area contributed by atoms with Gasteiger partial charge in [0.25, 0.3) is 0 Å². The summed E-state index contributed by atoms with van der Waals surface area (Å²) in [7, 11) is 0. The number of rotatable bonds is 4. The van der Waals surface area contributed by atoms with Gasteiger partial charge in [0.15, 0.2) is 5.58 Å². The molecule has 0 spiro atoms. The summed E-state index contributed by atoms with van der Waals surface area (Å²) >= 11 is 3.65. The van der Waals surface area contributed by atoms with Gasteiger partial charge in [0.2, 0.25) is 5.89 Å². The number of benzene rings is 7. The second-order valence-electron chi connectivity index (χ2n) is 12.3. The number of fused-ring (bicyclic) bond motifs is 10. The van der Waals surface area contributed by atoms with Crippen LogP contribution < -0.4 is 4.90 Å². The fourth-order valence-corrected chi connectivity index (χ4v) is 9.56. The summed E-state index contributed by atoms with van der Waals surface area (Å²) in [5.41, 5.74) is 7.00. The Morgan fingerprint density at radius 1 is 0.449 bits per heavy atom. The van der Waals surface area contributed by atoms with Crippen molar-refractivity contribution in [3.63, 3.8) is 0 Å². The van der Waals surface area contributed by atoms with Crippen LogP contribution in [0.25, 0.3) is 84.8 Å². The molecular formula is C43H24N2O2S2. The van der Waals surface area contributed by atoms with Crippen LogP contribution in [0, 0.1) is 0 Å². The quantitative estimate of drug-likeness (QED) is 0.188. The first-order valence-electron chi connectivity index (χ1n) is 16.2. The molecule has 0 aliphatic carbocycles. The number of hydrogen-bond donors (Lipinski definition) is 0. The minimum Gasteiger partial charge on any atom is -0.456 e. The summed E-state index contributed by atoms with van der Waals surface area (Å²) in [4.78, 5) is 7.60. The molecule has 0 N–H and O–H groups in total. The lowest BCUT2D eigenvalue weighted by Gasteiger charge is -2.26. The van der Waals surface area contributed by atoms with Gasteiger partial charge in [0.1, 0.15) is 16.7 Å². The van der Waals surface area contributed by atoms with E-state index in [1.165, 1.54) is 40.3 Å². The van der Waals surface area contributed by atoms with Gasteiger partial charge in [0, 0.05) is 68.7 Å². The van der Waals surface area contributed by atoms with Crippen molar-refractivity contribution in [2.45, 2.75) is 0 Å². The molecule has 0 saturated carbocycles. The zero-order chi connectivity index (χ0) is 32.1. The van der Waals surface area contributed by atoms with Crippen LogP contribution in [0.2, 0.25) is 0 Å². The monoisotopic (exact) mass is 664 g/mol. The van der Waals surface area contributed by atoms with E-state index < -0.39 is 0 Å². The molecule has 0 radical (unpaired) electrons. The van der Waals surface area contributed by atoms with Gasteiger partial charge in [0.05, 0.1) is 11.1 Å². The summed E-state index contributed by atoms with van der Waals surface area (Å²) in [6.45, 7) is 0. The van der Waals surface area contributed by atoms with Crippen LogP contribution >= 0.6 is 22.7 Å². The largest absolute Gasteiger partial charge is 0.456 e. The van der Waals surface area contributed by atoms with Gasteiger partial charge >= 0.3 is 0 Å². The van der Waals surface area contributed by atoms with Crippen LogP contribution in [0.1, 0.15) is 0 Å².